The first-order valence-corrected chi connectivity index (χ1v) is 9.84. The number of anilines is 2. The molecule has 7 heteroatoms. The van der Waals surface area contributed by atoms with E-state index in [1.54, 1.807) is 17.0 Å². The number of methoxy groups -OCH3 is 2. The van der Waals surface area contributed by atoms with Crippen LogP contribution in [0.25, 0.3) is 0 Å². The van der Waals surface area contributed by atoms with E-state index in [-0.39, 0.29) is 24.8 Å². The van der Waals surface area contributed by atoms with E-state index in [2.05, 4.69) is 19.2 Å². The average Bonchev–Trinajstić information content (AvgIpc) is 3.09. The molecule has 1 aliphatic rings. The summed E-state index contributed by atoms with van der Waals surface area (Å²) in [6, 6.07) is 11.0. The highest BCUT2D eigenvalue weighted by atomic mass is 35.5. The van der Waals surface area contributed by atoms with Gasteiger partial charge in [-0.15, -0.1) is 0 Å². The summed E-state index contributed by atoms with van der Waals surface area (Å²) < 4.78 is 10.6. The van der Waals surface area contributed by atoms with Gasteiger partial charge >= 0.3 is 0 Å². The van der Waals surface area contributed by atoms with E-state index in [1.807, 2.05) is 24.3 Å². The Balaban J connectivity index is 1.77. The van der Waals surface area contributed by atoms with Gasteiger partial charge in [0.15, 0.2) is 0 Å². The highest BCUT2D eigenvalue weighted by Gasteiger charge is 2.36. The number of carbonyl (C=O) groups is 2. The van der Waals surface area contributed by atoms with Crippen molar-refractivity contribution >= 4 is 34.8 Å². The van der Waals surface area contributed by atoms with Gasteiger partial charge in [0, 0.05) is 24.7 Å². The van der Waals surface area contributed by atoms with Gasteiger partial charge in [0.1, 0.15) is 11.5 Å². The Morgan fingerprint density at radius 3 is 2.55 bits per heavy atom. The summed E-state index contributed by atoms with van der Waals surface area (Å²) in [5.74, 6) is 0.489. The monoisotopic (exact) mass is 416 g/mol. The second kappa shape index (κ2) is 8.74. The largest absolute Gasteiger partial charge is 0.495 e. The summed E-state index contributed by atoms with van der Waals surface area (Å²) >= 11 is 6.23. The molecule has 1 atom stereocenters. The lowest BCUT2D eigenvalue weighted by Gasteiger charge is -2.21. The van der Waals surface area contributed by atoms with E-state index in [0.717, 1.165) is 11.3 Å². The highest BCUT2D eigenvalue weighted by molar-refractivity contribution is 6.32. The average molecular weight is 417 g/mol. The van der Waals surface area contributed by atoms with Crippen molar-refractivity contribution in [3.05, 3.63) is 47.0 Å². The smallest absolute Gasteiger partial charge is 0.229 e. The van der Waals surface area contributed by atoms with Crippen LogP contribution in [0, 0.1) is 5.92 Å². The second-order valence-corrected chi connectivity index (χ2v) is 7.74. The van der Waals surface area contributed by atoms with E-state index >= 15 is 0 Å². The molecule has 0 radical (unpaired) electrons. The van der Waals surface area contributed by atoms with Crippen LogP contribution in [0.15, 0.2) is 36.4 Å². The first-order valence-electron chi connectivity index (χ1n) is 9.46. The van der Waals surface area contributed by atoms with E-state index in [9.17, 15) is 9.59 Å². The van der Waals surface area contributed by atoms with Crippen LogP contribution >= 0.6 is 11.6 Å². The minimum atomic E-state index is -0.462. The normalized spacial score (nSPS) is 16.3. The van der Waals surface area contributed by atoms with E-state index < -0.39 is 5.92 Å². The Hall–Kier alpha value is -2.73. The van der Waals surface area contributed by atoms with Crippen LogP contribution in [-0.4, -0.2) is 32.6 Å². The van der Waals surface area contributed by atoms with Gasteiger partial charge in [-0.05, 0) is 29.7 Å². The molecule has 2 aromatic carbocycles. The van der Waals surface area contributed by atoms with E-state index in [1.165, 1.54) is 14.2 Å². The molecule has 154 valence electrons. The third kappa shape index (κ3) is 4.48. The predicted octanol–water partition coefficient (Wildman–Crippen LogP) is 4.47. The summed E-state index contributed by atoms with van der Waals surface area (Å²) in [5, 5.41) is 3.30. The van der Waals surface area contributed by atoms with Crippen LogP contribution in [0.2, 0.25) is 5.02 Å². The van der Waals surface area contributed by atoms with Crippen LogP contribution in [0.3, 0.4) is 0 Å². The maximum Gasteiger partial charge on any atom is 0.229 e. The van der Waals surface area contributed by atoms with Gasteiger partial charge < -0.3 is 19.7 Å². The minimum Gasteiger partial charge on any atom is -0.495 e. The number of ether oxygens (including phenoxy) is 2. The molecule has 0 saturated carbocycles. The lowest BCUT2D eigenvalue weighted by atomic mass is 10.0. The molecule has 0 spiro atoms. The number of carbonyl (C=O) groups excluding carboxylic acids is 2. The zero-order valence-corrected chi connectivity index (χ0v) is 17.7. The molecule has 1 saturated heterocycles. The number of halogens is 1. The fourth-order valence-corrected chi connectivity index (χ4v) is 3.63. The molecule has 1 fully saturated rings. The lowest BCUT2D eigenvalue weighted by Crippen LogP contribution is -2.28. The predicted molar refractivity (Wildman–Crippen MR) is 114 cm³/mol. The number of hydrogen-bond donors (Lipinski definition) is 1. The van der Waals surface area contributed by atoms with Crippen LogP contribution in [0.5, 0.6) is 11.5 Å². The van der Waals surface area contributed by atoms with Crippen LogP contribution in [0.4, 0.5) is 11.4 Å². The first kappa shape index (κ1) is 21.0. The summed E-state index contributed by atoms with van der Waals surface area (Å²) in [4.78, 5) is 26.9. The van der Waals surface area contributed by atoms with Crippen molar-refractivity contribution in [3.63, 3.8) is 0 Å². The Kier molecular flexibility index (Phi) is 6.33. The minimum absolute atomic E-state index is 0.127. The molecule has 1 heterocycles. The number of nitrogens with one attached hydrogen (secondary N) is 1. The summed E-state index contributed by atoms with van der Waals surface area (Å²) in [7, 11) is 3.02. The van der Waals surface area contributed by atoms with Gasteiger partial charge in [0.05, 0.1) is 30.8 Å². The fraction of sp³-hybridized carbons (Fsp3) is 0.364. The molecule has 1 aliphatic heterocycles. The summed E-state index contributed by atoms with van der Waals surface area (Å²) in [6.45, 7) is 4.46. The van der Waals surface area contributed by atoms with Gasteiger partial charge in [-0.1, -0.05) is 37.6 Å². The van der Waals surface area contributed by atoms with Crippen molar-refractivity contribution in [2.75, 3.05) is 31.0 Å². The molecule has 29 heavy (non-hydrogen) atoms. The Morgan fingerprint density at radius 2 is 1.90 bits per heavy atom. The third-order valence-corrected chi connectivity index (χ3v) is 5.36. The van der Waals surface area contributed by atoms with Crippen LogP contribution in [-0.2, 0) is 9.59 Å². The number of amides is 2. The molecule has 6 nitrogen and oxygen atoms in total. The zero-order chi connectivity index (χ0) is 21.1. The van der Waals surface area contributed by atoms with Gasteiger partial charge in [-0.2, -0.15) is 0 Å². The first-order chi connectivity index (χ1) is 13.8. The fourth-order valence-electron chi connectivity index (χ4n) is 3.39. The molecule has 1 N–H and O–H groups in total. The highest BCUT2D eigenvalue weighted by Crippen LogP contribution is 2.40. The number of benzene rings is 2. The summed E-state index contributed by atoms with van der Waals surface area (Å²) in [5.41, 5.74) is 2.40. The van der Waals surface area contributed by atoms with Crippen molar-refractivity contribution in [1.29, 1.82) is 0 Å². The molecule has 3 rings (SSSR count). The van der Waals surface area contributed by atoms with Gasteiger partial charge in [-0.25, -0.2) is 0 Å². The van der Waals surface area contributed by atoms with Crippen molar-refractivity contribution in [3.8, 4) is 11.5 Å². The Labute approximate surface area is 175 Å². The maximum absolute atomic E-state index is 12.8. The molecular weight excluding hydrogens is 392 g/mol. The standard InChI is InChI=1S/C22H25ClN2O4/c1-13(2)14-6-5-7-16(8-14)24-22(27)15-9-21(26)25(12-15)18-10-17(23)19(28-3)11-20(18)29-4/h5-8,10-11,13,15H,9,12H2,1-4H3,(H,24,27). The Bertz CT molecular complexity index is 929. The van der Waals surface area contributed by atoms with E-state index in [0.29, 0.717) is 28.1 Å². The van der Waals surface area contributed by atoms with E-state index in [4.69, 9.17) is 21.1 Å². The number of rotatable bonds is 6. The molecule has 0 aliphatic carbocycles. The van der Waals surface area contributed by atoms with Gasteiger partial charge in [-0.3, -0.25) is 9.59 Å². The quantitative estimate of drug-likeness (QED) is 0.754. The molecule has 2 amide bonds. The maximum atomic E-state index is 12.8. The van der Waals surface area contributed by atoms with Crippen LogP contribution < -0.4 is 19.7 Å². The van der Waals surface area contributed by atoms with Crippen molar-refractivity contribution in [2.45, 2.75) is 26.2 Å². The van der Waals surface area contributed by atoms with Crippen molar-refractivity contribution < 1.29 is 19.1 Å². The third-order valence-electron chi connectivity index (χ3n) is 5.06. The molecule has 1 unspecified atom stereocenters. The summed E-state index contributed by atoms with van der Waals surface area (Å²) in [6.07, 6.45) is 0.127. The topological polar surface area (TPSA) is 67.9 Å². The molecular formula is C22H25ClN2O4. The SMILES string of the molecule is COc1cc(OC)c(N2CC(C(=O)Nc3cccc(C(C)C)c3)CC2=O)cc1Cl. The van der Waals surface area contributed by atoms with Crippen molar-refractivity contribution in [1.82, 2.24) is 0 Å². The van der Waals surface area contributed by atoms with Gasteiger partial charge in [0.2, 0.25) is 11.8 Å². The number of nitrogens with zero attached hydrogens (tertiary/aromatic N) is 1. The van der Waals surface area contributed by atoms with Crippen molar-refractivity contribution in [2.24, 2.45) is 5.92 Å². The number of hydrogen-bond acceptors (Lipinski definition) is 4. The second-order valence-electron chi connectivity index (χ2n) is 7.33. The van der Waals surface area contributed by atoms with Gasteiger partial charge in [0.25, 0.3) is 0 Å². The Morgan fingerprint density at radius 1 is 1.17 bits per heavy atom. The molecule has 0 bridgehead atoms. The lowest BCUT2D eigenvalue weighted by molar-refractivity contribution is -0.122. The van der Waals surface area contributed by atoms with Crippen LogP contribution in [0.1, 0.15) is 31.7 Å². The molecule has 0 aromatic heterocycles. The molecule has 2 aromatic rings. The zero-order valence-electron chi connectivity index (χ0n) is 17.0.